The predicted molar refractivity (Wildman–Crippen MR) is 155 cm³/mol. The zero-order valence-electron chi connectivity index (χ0n) is 26.1. The van der Waals surface area contributed by atoms with Gasteiger partial charge in [0.1, 0.15) is 6.10 Å². The van der Waals surface area contributed by atoms with Gasteiger partial charge in [-0.1, -0.05) is 64.8 Å². The molecular formula is C34H54O5. The van der Waals surface area contributed by atoms with Crippen molar-refractivity contribution >= 4 is 11.9 Å². The highest BCUT2D eigenvalue weighted by Crippen LogP contribution is 2.72. The van der Waals surface area contributed by atoms with E-state index in [2.05, 4.69) is 48.1 Å². The van der Waals surface area contributed by atoms with Crippen LogP contribution in [0.5, 0.6) is 0 Å². The van der Waals surface area contributed by atoms with Crippen LogP contribution in [-0.4, -0.2) is 36.4 Å². The lowest BCUT2D eigenvalue weighted by Crippen LogP contribution is -2.58. The summed E-state index contributed by atoms with van der Waals surface area (Å²) in [7, 11) is 1.43. The molecule has 0 aromatic heterocycles. The molecule has 0 heterocycles. The Hall–Kier alpha value is -1.62. The van der Waals surface area contributed by atoms with Gasteiger partial charge in [-0.3, -0.25) is 9.59 Å². The maximum atomic E-state index is 12.1. The summed E-state index contributed by atoms with van der Waals surface area (Å²) >= 11 is 0. The zero-order valence-corrected chi connectivity index (χ0v) is 26.1. The van der Waals surface area contributed by atoms with Gasteiger partial charge < -0.3 is 14.6 Å². The van der Waals surface area contributed by atoms with E-state index in [4.69, 9.17) is 9.47 Å². The van der Waals surface area contributed by atoms with E-state index < -0.39 is 0 Å². The summed E-state index contributed by atoms with van der Waals surface area (Å²) in [6, 6.07) is 0. The number of hydrogen-bond acceptors (Lipinski definition) is 5. The lowest BCUT2D eigenvalue weighted by Gasteiger charge is -2.63. The Morgan fingerprint density at radius 3 is 2.33 bits per heavy atom. The summed E-state index contributed by atoms with van der Waals surface area (Å²) in [5, 5.41) is 12.1. The molecule has 9 atom stereocenters. The summed E-state index contributed by atoms with van der Waals surface area (Å²) in [4.78, 5) is 23.9. The monoisotopic (exact) mass is 542 g/mol. The number of carbonyl (C=O) groups excluding carboxylic acids is 2. The van der Waals surface area contributed by atoms with Crippen molar-refractivity contribution < 1.29 is 24.2 Å². The largest absolute Gasteiger partial charge is 0.469 e. The van der Waals surface area contributed by atoms with E-state index in [0.29, 0.717) is 17.8 Å². The topological polar surface area (TPSA) is 72.8 Å². The number of carbonyl (C=O) groups is 2. The fraction of sp³-hybridized carbons (Fsp3) is 0.824. The first-order valence-corrected chi connectivity index (χ1v) is 15.4. The van der Waals surface area contributed by atoms with Gasteiger partial charge >= 0.3 is 11.9 Å². The minimum absolute atomic E-state index is 0.0138. The number of fused-ring (bicyclic) bond motifs is 4. The average molecular weight is 543 g/mol. The molecule has 0 amide bonds. The van der Waals surface area contributed by atoms with Gasteiger partial charge in [0.15, 0.2) is 0 Å². The van der Waals surface area contributed by atoms with E-state index in [1.54, 1.807) is 5.57 Å². The minimum Gasteiger partial charge on any atom is -0.469 e. The van der Waals surface area contributed by atoms with Crippen molar-refractivity contribution in [1.82, 2.24) is 0 Å². The van der Waals surface area contributed by atoms with Crippen LogP contribution >= 0.6 is 0 Å². The number of allylic oxidation sites excluding steroid dienone is 1. The Balaban J connectivity index is 1.60. The van der Waals surface area contributed by atoms with Gasteiger partial charge in [0, 0.05) is 17.8 Å². The molecule has 1 N–H and O–H groups in total. The van der Waals surface area contributed by atoms with E-state index in [0.717, 1.165) is 63.4 Å². The van der Waals surface area contributed by atoms with Crippen molar-refractivity contribution in [2.24, 2.45) is 45.3 Å². The van der Waals surface area contributed by atoms with Crippen LogP contribution in [0.3, 0.4) is 0 Å². The maximum absolute atomic E-state index is 12.1. The van der Waals surface area contributed by atoms with Gasteiger partial charge in [-0.2, -0.15) is 0 Å². The molecule has 0 aliphatic heterocycles. The second kappa shape index (κ2) is 10.3. The van der Waals surface area contributed by atoms with Crippen LogP contribution in [0.1, 0.15) is 113 Å². The molecular weight excluding hydrogens is 488 g/mol. The lowest BCUT2D eigenvalue weighted by atomic mass is 9.42. The normalized spacial score (nSPS) is 40.6. The predicted octanol–water partition coefficient (Wildman–Crippen LogP) is 7.42. The van der Waals surface area contributed by atoms with Gasteiger partial charge in [-0.25, -0.2) is 0 Å². The van der Waals surface area contributed by atoms with E-state index in [1.807, 2.05) is 6.92 Å². The molecule has 0 bridgehead atoms. The highest BCUT2D eigenvalue weighted by molar-refractivity contribution is 5.74. The molecule has 220 valence electrons. The molecule has 4 aliphatic carbocycles. The Labute approximate surface area is 237 Å². The van der Waals surface area contributed by atoms with Crippen molar-refractivity contribution in [3.8, 4) is 0 Å². The molecule has 39 heavy (non-hydrogen) atoms. The zero-order chi connectivity index (χ0) is 29.1. The Bertz CT molecular complexity index is 1040. The Morgan fingerprint density at radius 2 is 1.72 bits per heavy atom. The third-order valence-electron chi connectivity index (χ3n) is 12.9. The summed E-state index contributed by atoms with van der Waals surface area (Å²) in [6.07, 6.45) is 8.46. The van der Waals surface area contributed by atoms with Crippen molar-refractivity contribution in [2.75, 3.05) is 7.11 Å². The smallest absolute Gasteiger partial charge is 0.312 e. The number of esters is 2. The molecule has 2 fully saturated rings. The van der Waals surface area contributed by atoms with Gasteiger partial charge in [0.2, 0.25) is 0 Å². The summed E-state index contributed by atoms with van der Waals surface area (Å²) in [5.74, 6) is 0.606. The third-order valence-corrected chi connectivity index (χ3v) is 12.9. The summed E-state index contributed by atoms with van der Waals surface area (Å²) in [6.45, 7) is 21.8. The van der Waals surface area contributed by atoms with Crippen LogP contribution in [0, 0.1) is 45.3 Å². The number of ether oxygens (including phenoxy) is 2. The van der Waals surface area contributed by atoms with Crippen molar-refractivity contribution in [3.63, 3.8) is 0 Å². The number of rotatable bonds is 7. The first-order chi connectivity index (χ1) is 18.1. The maximum Gasteiger partial charge on any atom is 0.312 e. The molecule has 0 saturated heterocycles. The van der Waals surface area contributed by atoms with Gasteiger partial charge in [0.05, 0.1) is 19.1 Å². The molecule has 0 radical (unpaired) electrons. The number of hydrogen-bond donors (Lipinski definition) is 1. The van der Waals surface area contributed by atoms with E-state index in [1.165, 1.54) is 19.6 Å². The average Bonchev–Trinajstić information content (AvgIpc) is 3.16. The SMILES string of the molecule is C=C(CC[C@@H](C)[C@H]1CC[C@@]2(C)C3=C(C[C@H](O)[C@]12C)[C@@]1(C)CC[C@@H](OC(C)=O)C(C)(C)[C@@H]1CC3)C(C)C(=O)OC. The van der Waals surface area contributed by atoms with E-state index >= 15 is 0 Å². The molecule has 0 aromatic carbocycles. The molecule has 0 aromatic rings. The quantitative estimate of drug-likeness (QED) is 0.268. The molecule has 5 heteroatoms. The van der Waals surface area contributed by atoms with E-state index in [9.17, 15) is 14.7 Å². The summed E-state index contributed by atoms with van der Waals surface area (Å²) in [5.41, 5.74) is 3.84. The van der Waals surface area contributed by atoms with E-state index in [-0.39, 0.29) is 51.7 Å². The first kappa shape index (κ1) is 30.3. The highest BCUT2D eigenvalue weighted by atomic mass is 16.5. The van der Waals surface area contributed by atoms with Crippen LogP contribution in [0.4, 0.5) is 0 Å². The highest BCUT2D eigenvalue weighted by Gasteiger charge is 2.66. The number of aliphatic hydroxyl groups is 1. The van der Waals surface area contributed by atoms with Crippen LogP contribution < -0.4 is 0 Å². The molecule has 2 saturated carbocycles. The number of methoxy groups -OCH3 is 1. The fourth-order valence-corrected chi connectivity index (χ4v) is 10.2. The second-order valence-electron chi connectivity index (χ2n) is 14.8. The van der Waals surface area contributed by atoms with Crippen LogP contribution in [0.25, 0.3) is 0 Å². The van der Waals surface area contributed by atoms with Crippen molar-refractivity contribution in [3.05, 3.63) is 23.3 Å². The standard InChI is InChI=1S/C34H54O5/c1-20(22(3)30(37)38-10)11-12-21(2)24-15-18-33(8)25-13-14-27-31(5,6)29(39-23(4)35)16-17-32(27,7)26(25)19-28(36)34(24,33)9/h21-22,24,27-29,36H,1,11-19H2,2-10H3/t21-,22?,24-,27+,28+,29-,32-,33+,34+/m1/s1. The van der Waals surface area contributed by atoms with Crippen molar-refractivity contribution in [1.29, 1.82) is 0 Å². The third kappa shape index (κ3) is 4.53. The Morgan fingerprint density at radius 1 is 1.05 bits per heavy atom. The van der Waals surface area contributed by atoms with Gasteiger partial charge in [-0.15, -0.1) is 0 Å². The van der Waals surface area contributed by atoms with Crippen molar-refractivity contribution in [2.45, 2.75) is 125 Å². The second-order valence-corrected chi connectivity index (χ2v) is 14.8. The van der Waals surface area contributed by atoms with Crippen LogP contribution in [0.15, 0.2) is 23.3 Å². The number of aliphatic hydroxyl groups excluding tert-OH is 1. The Kier molecular flexibility index (Phi) is 8.04. The molecule has 5 nitrogen and oxygen atoms in total. The molecule has 1 unspecified atom stereocenters. The fourth-order valence-electron chi connectivity index (χ4n) is 10.2. The lowest BCUT2D eigenvalue weighted by molar-refractivity contribution is -0.168. The molecule has 4 aliphatic rings. The van der Waals surface area contributed by atoms with Crippen LogP contribution in [-0.2, 0) is 19.1 Å². The van der Waals surface area contributed by atoms with Crippen LogP contribution in [0.2, 0.25) is 0 Å². The van der Waals surface area contributed by atoms with Gasteiger partial charge in [-0.05, 0) is 93.3 Å². The van der Waals surface area contributed by atoms with Gasteiger partial charge in [0.25, 0.3) is 0 Å². The molecule has 0 spiro atoms. The minimum atomic E-state index is -0.377. The summed E-state index contributed by atoms with van der Waals surface area (Å²) < 4.78 is 10.8. The molecule has 4 rings (SSSR count). The first-order valence-electron chi connectivity index (χ1n) is 15.4.